The number of rotatable bonds is 3. The lowest BCUT2D eigenvalue weighted by Crippen LogP contribution is -2.03. The average Bonchev–Trinajstić information content (AvgIpc) is 2.18. The zero-order valence-electron chi connectivity index (χ0n) is 7.41. The molecule has 0 atom stereocenters. The summed E-state index contributed by atoms with van der Waals surface area (Å²) < 4.78 is 44.0. The highest BCUT2D eigenvalue weighted by molar-refractivity contribution is 9.08. The van der Waals surface area contributed by atoms with Gasteiger partial charge in [-0.15, -0.1) is 0 Å². The number of hydrogen-bond donors (Lipinski definition) is 0. The fourth-order valence-electron chi connectivity index (χ4n) is 1.06. The SMILES string of the molecule is COCc1c(F)cc(CBr)c(F)c1F. The van der Waals surface area contributed by atoms with Crippen molar-refractivity contribution < 1.29 is 17.9 Å². The maximum atomic E-state index is 13.2. The second-order valence-corrected chi connectivity index (χ2v) is 3.25. The number of benzene rings is 1. The smallest absolute Gasteiger partial charge is 0.167 e. The van der Waals surface area contributed by atoms with Crippen molar-refractivity contribution in [3.63, 3.8) is 0 Å². The third-order valence-corrected chi connectivity index (χ3v) is 2.37. The molecule has 0 aromatic heterocycles. The highest BCUT2D eigenvalue weighted by atomic mass is 79.9. The van der Waals surface area contributed by atoms with Crippen LogP contribution in [0.3, 0.4) is 0 Å². The molecule has 0 aliphatic rings. The molecule has 0 saturated carbocycles. The van der Waals surface area contributed by atoms with Crippen LogP contribution in [-0.2, 0) is 16.7 Å². The molecular formula is C9H8BrF3O. The van der Waals surface area contributed by atoms with Crippen molar-refractivity contribution >= 4 is 15.9 Å². The molecule has 0 radical (unpaired) electrons. The Balaban J connectivity index is 3.26. The summed E-state index contributed by atoms with van der Waals surface area (Å²) in [6.07, 6.45) is 0. The van der Waals surface area contributed by atoms with Crippen LogP contribution in [0, 0.1) is 17.5 Å². The lowest BCUT2D eigenvalue weighted by Gasteiger charge is -2.07. The van der Waals surface area contributed by atoms with Crippen LogP contribution in [0.5, 0.6) is 0 Å². The molecule has 0 bridgehead atoms. The van der Waals surface area contributed by atoms with Crippen molar-refractivity contribution in [2.24, 2.45) is 0 Å². The van der Waals surface area contributed by atoms with Crippen LogP contribution in [0.4, 0.5) is 13.2 Å². The van der Waals surface area contributed by atoms with E-state index in [1.165, 1.54) is 7.11 Å². The van der Waals surface area contributed by atoms with Crippen molar-refractivity contribution in [3.05, 3.63) is 34.6 Å². The molecule has 0 spiro atoms. The van der Waals surface area contributed by atoms with Gasteiger partial charge >= 0.3 is 0 Å². The van der Waals surface area contributed by atoms with Gasteiger partial charge in [0, 0.05) is 18.0 Å². The first-order chi connectivity index (χ1) is 6.61. The Morgan fingerprint density at radius 3 is 2.43 bits per heavy atom. The fourth-order valence-corrected chi connectivity index (χ4v) is 1.46. The minimum Gasteiger partial charge on any atom is -0.380 e. The zero-order chi connectivity index (χ0) is 10.7. The Kier molecular flexibility index (Phi) is 3.95. The highest BCUT2D eigenvalue weighted by Crippen LogP contribution is 2.22. The van der Waals surface area contributed by atoms with Gasteiger partial charge in [0.05, 0.1) is 12.2 Å². The van der Waals surface area contributed by atoms with Gasteiger partial charge < -0.3 is 4.74 Å². The third-order valence-electron chi connectivity index (χ3n) is 1.76. The molecule has 78 valence electrons. The molecular weight excluding hydrogens is 261 g/mol. The van der Waals surface area contributed by atoms with Crippen LogP contribution < -0.4 is 0 Å². The molecule has 0 fully saturated rings. The number of ether oxygens (including phenoxy) is 1. The Bertz CT molecular complexity index is 341. The van der Waals surface area contributed by atoms with Crippen molar-refractivity contribution in [3.8, 4) is 0 Å². The quantitative estimate of drug-likeness (QED) is 0.605. The molecule has 0 saturated heterocycles. The van der Waals surface area contributed by atoms with E-state index < -0.39 is 17.5 Å². The predicted molar refractivity (Wildman–Crippen MR) is 49.7 cm³/mol. The monoisotopic (exact) mass is 268 g/mol. The molecule has 1 aromatic carbocycles. The summed E-state index contributed by atoms with van der Waals surface area (Å²) in [6, 6.07) is 0.960. The Hall–Kier alpha value is -0.550. The lowest BCUT2D eigenvalue weighted by atomic mass is 10.1. The van der Waals surface area contributed by atoms with Crippen molar-refractivity contribution in [2.75, 3.05) is 7.11 Å². The van der Waals surface area contributed by atoms with E-state index in [1.54, 1.807) is 0 Å². The Morgan fingerprint density at radius 1 is 1.29 bits per heavy atom. The van der Waals surface area contributed by atoms with Crippen molar-refractivity contribution in [1.29, 1.82) is 0 Å². The van der Waals surface area contributed by atoms with Crippen LogP contribution in [0.25, 0.3) is 0 Å². The summed E-state index contributed by atoms with van der Waals surface area (Å²) >= 11 is 2.94. The van der Waals surface area contributed by atoms with Crippen molar-refractivity contribution in [1.82, 2.24) is 0 Å². The summed E-state index contributed by atoms with van der Waals surface area (Å²) in [5, 5.41) is 0.0694. The molecule has 0 N–H and O–H groups in total. The van der Waals surface area contributed by atoms with Gasteiger partial charge in [0.15, 0.2) is 11.6 Å². The first-order valence-electron chi connectivity index (χ1n) is 3.82. The van der Waals surface area contributed by atoms with E-state index in [2.05, 4.69) is 20.7 Å². The van der Waals surface area contributed by atoms with Gasteiger partial charge in [-0.05, 0) is 6.07 Å². The van der Waals surface area contributed by atoms with E-state index in [-0.39, 0.29) is 23.1 Å². The van der Waals surface area contributed by atoms with Gasteiger partial charge in [0.1, 0.15) is 5.82 Å². The molecule has 0 unspecified atom stereocenters. The van der Waals surface area contributed by atoms with Gasteiger partial charge in [0.2, 0.25) is 0 Å². The molecule has 14 heavy (non-hydrogen) atoms. The molecule has 0 heterocycles. The van der Waals surface area contributed by atoms with Gasteiger partial charge in [0.25, 0.3) is 0 Å². The van der Waals surface area contributed by atoms with Gasteiger partial charge in [-0.1, -0.05) is 15.9 Å². The van der Waals surface area contributed by atoms with Crippen molar-refractivity contribution in [2.45, 2.75) is 11.9 Å². The molecule has 1 rings (SSSR count). The zero-order valence-corrected chi connectivity index (χ0v) is 9.00. The topological polar surface area (TPSA) is 9.23 Å². The number of methoxy groups -OCH3 is 1. The van der Waals surface area contributed by atoms with E-state index in [0.29, 0.717) is 0 Å². The third kappa shape index (κ3) is 2.09. The normalized spacial score (nSPS) is 10.6. The lowest BCUT2D eigenvalue weighted by molar-refractivity contribution is 0.176. The Morgan fingerprint density at radius 2 is 1.93 bits per heavy atom. The summed E-state index contributed by atoms with van der Waals surface area (Å²) in [5.74, 6) is -3.00. The molecule has 1 nitrogen and oxygen atoms in total. The number of halogens is 4. The number of hydrogen-bond acceptors (Lipinski definition) is 1. The molecule has 1 aromatic rings. The standard InChI is InChI=1S/C9H8BrF3O/c1-14-4-6-7(11)2-5(3-10)8(12)9(6)13/h2H,3-4H2,1H3. The van der Waals surface area contributed by atoms with E-state index >= 15 is 0 Å². The van der Waals surface area contributed by atoms with Crippen LogP contribution in [-0.4, -0.2) is 7.11 Å². The molecule has 0 aliphatic carbocycles. The first-order valence-corrected chi connectivity index (χ1v) is 4.94. The number of alkyl halides is 1. The minimum absolute atomic E-state index is 0.0418. The fraction of sp³-hybridized carbons (Fsp3) is 0.333. The second kappa shape index (κ2) is 4.79. The summed E-state index contributed by atoms with van der Waals surface area (Å²) in [5.41, 5.74) is -0.422. The van der Waals surface area contributed by atoms with Crippen LogP contribution in [0.15, 0.2) is 6.07 Å². The summed E-state index contributed by atoms with van der Waals surface area (Å²) in [6.45, 7) is -0.281. The largest absolute Gasteiger partial charge is 0.380 e. The van der Waals surface area contributed by atoms with Crippen LogP contribution >= 0.6 is 15.9 Å². The van der Waals surface area contributed by atoms with Crippen LogP contribution in [0.2, 0.25) is 0 Å². The molecule has 0 amide bonds. The second-order valence-electron chi connectivity index (χ2n) is 2.69. The van der Waals surface area contributed by atoms with E-state index in [1.807, 2.05) is 0 Å². The minimum atomic E-state index is -1.18. The van der Waals surface area contributed by atoms with E-state index in [0.717, 1.165) is 6.07 Å². The van der Waals surface area contributed by atoms with E-state index in [4.69, 9.17) is 0 Å². The van der Waals surface area contributed by atoms with Crippen LogP contribution in [0.1, 0.15) is 11.1 Å². The molecule has 0 aliphatic heterocycles. The highest BCUT2D eigenvalue weighted by Gasteiger charge is 2.17. The van der Waals surface area contributed by atoms with Gasteiger partial charge in [-0.3, -0.25) is 0 Å². The average molecular weight is 269 g/mol. The predicted octanol–water partition coefficient (Wildman–Crippen LogP) is 3.15. The maximum absolute atomic E-state index is 13.2. The first kappa shape index (κ1) is 11.5. The van der Waals surface area contributed by atoms with Gasteiger partial charge in [-0.25, -0.2) is 13.2 Å². The van der Waals surface area contributed by atoms with E-state index in [9.17, 15) is 13.2 Å². The molecule has 5 heteroatoms. The Labute approximate surface area is 88.0 Å². The summed E-state index contributed by atoms with van der Waals surface area (Å²) in [7, 11) is 1.29. The maximum Gasteiger partial charge on any atom is 0.167 e. The summed E-state index contributed by atoms with van der Waals surface area (Å²) in [4.78, 5) is 0. The van der Waals surface area contributed by atoms with Gasteiger partial charge in [-0.2, -0.15) is 0 Å².